The second-order valence-electron chi connectivity index (χ2n) is 2.35. The minimum absolute atomic E-state index is 0.239. The minimum Gasteiger partial charge on any atom is -0.378 e. The van der Waals surface area contributed by atoms with Crippen LogP contribution >= 0.6 is 0 Å². The summed E-state index contributed by atoms with van der Waals surface area (Å²) in [6, 6.07) is 0. The highest BCUT2D eigenvalue weighted by Crippen LogP contribution is 1.98. The number of hydrogen-bond donors (Lipinski definition) is 0. The summed E-state index contributed by atoms with van der Waals surface area (Å²) in [4.78, 5) is 12.9. The van der Waals surface area contributed by atoms with Crippen molar-refractivity contribution >= 4 is 5.91 Å². The SMILES string of the molecule is CC.CCC(=O)N1CCOCC1. The molecule has 0 aliphatic carbocycles. The fourth-order valence-corrected chi connectivity index (χ4v) is 1.04. The fourth-order valence-electron chi connectivity index (χ4n) is 1.04. The van der Waals surface area contributed by atoms with Gasteiger partial charge in [0.25, 0.3) is 0 Å². The second-order valence-corrected chi connectivity index (χ2v) is 2.35. The van der Waals surface area contributed by atoms with E-state index in [1.165, 1.54) is 0 Å². The summed E-state index contributed by atoms with van der Waals surface area (Å²) in [5.74, 6) is 0.239. The maximum Gasteiger partial charge on any atom is 0.222 e. The molecule has 0 aromatic rings. The van der Waals surface area contributed by atoms with E-state index in [0.29, 0.717) is 19.6 Å². The summed E-state index contributed by atoms with van der Waals surface area (Å²) in [6.45, 7) is 8.83. The van der Waals surface area contributed by atoms with Gasteiger partial charge in [-0.1, -0.05) is 20.8 Å². The van der Waals surface area contributed by atoms with Crippen molar-refractivity contribution in [3.05, 3.63) is 0 Å². The second kappa shape index (κ2) is 7.10. The number of carbonyl (C=O) groups excluding carboxylic acids is 1. The van der Waals surface area contributed by atoms with E-state index >= 15 is 0 Å². The van der Waals surface area contributed by atoms with Gasteiger partial charge in [-0.25, -0.2) is 0 Å². The predicted octanol–water partition coefficient (Wildman–Crippen LogP) is 1.28. The van der Waals surface area contributed by atoms with Gasteiger partial charge in [-0.15, -0.1) is 0 Å². The number of morpholine rings is 1. The fraction of sp³-hybridized carbons (Fsp3) is 0.889. The Bertz CT molecular complexity index is 120. The van der Waals surface area contributed by atoms with E-state index in [9.17, 15) is 4.79 Å². The Kier molecular flexibility index (Phi) is 6.76. The van der Waals surface area contributed by atoms with Crippen molar-refractivity contribution in [2.24, 2.45) is 0 Å². The van der Waals surface area contributed by atoms with Crippen LogP contribution in [0.2, 0.25) is 0 Å². The molecule has 1 amide bonds. The molecule has 1 saturated heterocycles. The van der Waals surface area contributed by atoms with Crippen LogP contribution in [0.3, 0.4) is 0 Å². The normalized spacial score (nSPS) is 16.4. The first-order valence-electron chi connectivity index (χ1n) is 4.70. The molecule has 1 fully saturated rings. The van der Waals surface area contributed by atoms with Crippen molar-refractivity contribution in [2.75, 3.05) is 26.3 Å². The van der Waals surface area contributed by atoms with Crippen LogP contribution in [0, 0.1) is 0 Å². The molecule has 1 rings (SSSR count). The topological polar surface area (TPSA) is 29.5 Å². The maximum atomic E-state index is 11.0. The van der Waals surface area contributed by atoms with Gasteiger partial charge in [0.2, 0.25) is 5.91 Å². The van der Waals surface area contributed by atoms with E-state index in [1.54, 1.807) is 0 Å². The van der Waals surface area contributed by atoms with Crippen LogP contribution < -0.4 is 0 Å². The van der Waals surface area contributed by atoms with Crippen LogP contribution in [0.25, 0.3) is 0 Å². The largest absolute Gasteiger partial charge is 0.378 e. The van der Waals surface area contributed by atoms with Crippen molar-refractivity contribution in [2.45, 2.75) is 27.2 Å². The van der Waals surface area contributed by atoms with Crippen LogP contribution in [-0.4, -0.2) is 37.1 Å². The molecule has 1 heterocycles. The molecule has 0 N–H and O–H groups in total. The Labute approximate surface area is 74.7 Å². The third-order valence-corrected chi connectivity index (χ3v) is 1.67. The first-order chi connectivity index (χ1) is 5.84. The molecule has 3 nitrogen and oxygen atoms in total. The summed E-state index contributed by atoms with van der Waals surface area (Å²) in [5.41, 5.74) is 0. The number of rotatable bonds is 1. The highest BCUT2D eigenvalue weighted by Gasteiger charge is 2.13. The Morgan fingerprint density at radius 1 is 1.33 bits per heavy atom. The van der Waals surface area contributed by atoms with Gasteiger partial charge in [0.15, 0.2) is 0 Å². The predicted molar refractivity (Wildman–Crippen MR) is 49.0 cm³/mol. The van der Waals surface area contributed by atoms with Gasteiger partial charge in [-0.2, -0.15) is 0 Å². The molecule has 72 valence electrons. The summed E-state index contributed by atoms with van der Waals surface area (Å²) < 4.78 is 5.10. The van der Waals surface area contributed by atoms with Crippen molar-refractivity contribution in [3.8, 4) is 0 Å². The van der Waals surface area contributed by atoms with E-state index < -0.39 is 0 Å². The molecule has 0 radical (unpaired) electrons. The average Bonchev–Trinajstić information content (AvgIpc) is 2.21. The summed E-state index contributed by atoms with van der Waals surface area (Å²) >= 11 is 0. The summed E-state index contributed by atoms with van der Waals surface area (Å²) in [5, 5.41) is 0. The number of carbonyl (C=O) groups is 1. The highest BCUT2D eigenvalue weighted by molar-refractivity contribution is 5.75. The number of amides is 1. The van der Waals surface area contributed by atoms with Gasteiger partial charge in [0.1, 0.15) is 0 Å². The van der Waals surface area contributed by atoms with Crippen molar-refractivity contribution < 1.29 is 9.53 Å². The van der Waals surface area contributed by atoms with Gasteiger partial charge < -0.3 is 9.64 Å². The van der Waals surface area contributed by atoms with E-state index in [1.807, 2.05) is 25.7 Å². The van der Waals surface area contributed by atoms with E-state index in [0.717, 1.165) is 13.1 Å². The highest BCUT2D eigenvalue weighted by atomic mass is 16.5. The van der Waals surface area contributed by atoms with E-state index in [4.69, 9.17) is 4.74 Å². The smallest absolute Gasteiger partial charge is 0.222 e. The average molecular weight is 173 g/mol. The zero-order valence-electron chi connectivity index (χ0n) is 8.30. The molecule has 3 heteroatoms. The van der Waals surface area contributed by atoms with Crippen LogP contribution in [0.1, 0.15) is 27.2 Å². The first-order valence-corrected chi connectivity index (χ1v) is 4.70. The third kappa shape index (κ3) is 3.72. The zero-order valence-corrected chi connectivity index (χ0v) is 8.30. The zero-order chi connectivity index (χ0) is 9.40. The number of nitrogens with zero attached hydrogens (tertiary/aromatic N) is 1. The molecule has 0 bridgehead atoms. The molecule has 0 aromatic heterocycles. The van der Waals surface area contributed by atoms with Crippen LogP contribution in [-0.2, 0) is 9.53 Å². The molecule has 0 atom stereocenters. The van der Waals surface area contributed by atoms with E-state index in [-0.39, 0.29) is 5.91 Å². The monoisotopic (exact) mass is 173 g/mol. The molecular weight excluding hydrogens is 154 g/mol. The molecule has 1 aliphatic rings. The van der Waals surface area contributed by atoms with Crippen LogP contribution in [0.4, 0.5) is 0 Å². The minimum atomic E-state index is 0.239. The van der Waals surface area contributed by atoms with Gasteiger partial charge in [-0.3, -0.25) is 4.79 Å². The maximum absolute atomic E-state index is 11.0. The van der Waals surface area contributed by atoms with E-state index in [2.05, 4.69) is 0 Å². The molecular formula is C9H19NO2. The van der Waals surface area contributed by atoms with Crippen molar-refractivity contribution in [3.63, 3.8) is 0 Å². The lowest BCUT2D eigenvalue weighted by molar-refractivity contribution is -0.134. The van der Waals surface area contributed by atoms with Gasteiger partial charge in [-0.05, 0) is 0 Å². The van der Waals surface area contributed by atoms with Crippen LogP contribution in [0.5, 0.6) is 0 Å². The quantitative estimate of drug-likeness (QED) is 0.598. The molecule has 0 unspecified atom stereocenters. The molecule has 0 spiro atoms. The lowest BCUT2D eigenvalue weighted by atomic mass is 10.3. The standard InChI is InChI=1S/C7H13NO2.C2H6/c1-2-7(9)8-3-5-10-6-4-8;1-2/h2-6H2,1H3;1-2H3. The number of hydrogen-bond acceptors (Lipinski definition) is 2. The Balaban J connectivity index is 0.000000561. The first kappa shape index (κ1) is 11.4. The summed E-state index contributed by atoms with van der Waals surface area (Å²) in [7, 11) is 0. The summed E-state index contributed by atoms with van der Waals surface area (Å²) in [6.07, 6.45) is 0.611. The Morgan fingerprint density at radius 2 is 1.83 bits per heavy atom. The van der Waals surface area contributed by atoms with Crippen molar-refractivity contribution in [1.82, 2.24) is 4.90 Å². The van der Waals surface area contributed by atoms with Crippen molar-refractivity contribution in [1.29, 1.82) is 0 Å². The molecule has 12 heavy (non-hydrogen) atoms. The molecule has 1 aliphatic heterocycles. The van der Waals surface area contributed by atoms with Crippen LogP contribution in [0.15, 0.2) is 0 Å². The Hall–Kier alpha value is -0.570. The number of ether oxygens (including phenoxy) is 1. The van der Waals surface area contributed by atoms with Gasteiger partial charge in [0.05, 0.1) is 13.2 Å². The van der Waals surface area contributed by atoms with Gasteiger partial charge >= 0.3 is 0 Å². The van der Waals surface area contributed by atoms with Gasteiger partial charge in [0, 0.05) is 19.5 Å². The molecule has 0 aromatic carbocycles. The Morgan fingerprint density at radius 3 is 2.25 bits per heavy atom. The third-order valence-electron chi connectivity index (χ3n) is 1.67. The molecule has 0 saturated carbocycles. The lowest BCUT2D eigenvalue weighted by Gasteiger charge is -2.26. The lowest BCUT2D eigenvalue weighted by Crippen LogP contribution is -2.40.